The standard InChI is InChI=1S/C15H21NO3/c1-5-15(3,10-13(17)19-4)16-14(18)12-8-6-7-11(2)9-12/h6-9H,5,10H2,1-4H3,(H,16,18)/t15-/m1/s1. The van der Waals surface area contributed by atoms with Gasteiger partial charge in [0.2, 0.25) is 0 Å². The van der Waals surface area contributed by atoms with Crippen LogP contribution in [-0.2, 0) is 9.53 Å². The lowest BCUT2D eigenvalue weighted by Crippen LogP contribution is -2.47. The number of nitrogens with one attached hydrogen (secondary N) is 1. The van der Waals surface area contributed by atoms with Gasteiger partial charge in [0, 0.05) is 11.1 Å². The van der Waals surface area contributed by atoms with Gasteiger partial charge in [-0.15, -0.1) is 0 Å². The van der Waals surface area contributed by atoms with Gasteiger partial charge in [-0.25, -0.2) is 0 Å². The van der Waals surface area contributed by atoms with Gasteiger partial charge < -0.3 is 10.1 Å². The van der Waals surface area contributed by atoms with Crippen molar-refractivity contribution in [1.29, 1.82) is 0 Å². The highest BCUT2D eigenvalue weighted by Crippen LogP contribution is 2.16. The zero-order valence-corrected chi connectivity index (χ0v) is 11.9. The van der Waals surface area contributed by atoms with Crippen molar-refractivity contribution in [2.45, 2.75) is 39.2 Å². The summed E-state index contributed by atoms with van der Waals surface area (Å²) in [5.74, 6) is -0.495. The van der Waals surface area contributed by atoms with Gasteiger partial charge in [0.05, 0.1) is 13.5 Å². The summed E-state index contributed by atoms with van der Waals surface area (Å²) in [6, 6.07) is 7.36. The van der Waals surface area contributed by atoms with Gasteiger partial charge in [-0.1, -0.05) is 24.6 Å². The van der Waals surface area contributed by atoms with E-state index in [2.05, 4.69) is 10.1 Å². The van der Waals surface area contributed by atoms with Crippen molar-refractivity contribution >= 4 is 11.9 Å². The van der Waals surface area contributed by atoms with Crippen LogP contribution in [0.15, 0.2) is 24.3 Å². The maximum atomic E-state index is 12.2. The van der Waals surface area contributed by atoms with Crippen molar-refractivity contribution in [3.63, 3.8) is 0 Å². The average Bonchev–Trinajstić information content (AvgIpc) is 2.38. The maximum Gasteiger partial charge on any atom is 0.307 e. The summed E-state index contributed by atoms with van der Waals surface area (Å²) < 4.78 is 4.66. The highest BCUT2D eigenvalue weighted by Gasteiger charge is 2.28. The zero-order valence-electron chi connectivity index (χ0n) is 11.9. The first-order valence-electron chi connectivity index (χ1n) is 6.36. The van der Waals surface area contributed by atoms with Gasteiger partial charge in [0.25, 0.3) is 5.91 Å². The van der Waals surface area contributed by atoms with Crippen LogP contribution < -0.4 is 5.32 Å². The first kappa shape index (κ1) is 15.2. The second-order valence-electron chi connectivity index (χ2n) is 4.99. The first-order valence-corrected chi connectivity index (χ1v) is 6.36. The molecule has 1 atom stereocenters. The van der Waals surface area contributed by atoms with Crippen LogP contribution in [0.25, 0.3) is 0 Å². The Bertz CT molecular complexity index is 470. The molecule has 0 aliphatic heterocycles. The number of rotatable bonds is 5. The fourth-order valence-electron chi connectivity index (χ4n) is 1.78. The first-order chi connectivity index (χ1) is 8.90. The molecule has 1 N–H and O–H groups in total. The molecule has 4 heteroatoms. The summed E-state index contributed by atoms with van der Waals surface area (Å²) >= 11 is 0. The molecule has 1 aromatic rings. The van der Waals surface area contributed by atoms with Crippen molar-refractivity contribution in [3.05, 3.63) is 35.4 Å². The van der Waals surface area contributed by atoms with Crippen molar-refractivity contribution in [2.75, 3.05) is 7.11 Å². The monoisotopic (exact) mass is 263 g/mol. The van der Waals surface area contributed by atoms with Crippen LogP contribution in [0.3, 0.4) is 0 Å². The highest BCUT2D eigenvalue weighted by molar-refractivity contribution is 5.95. The number of ether oxygens (including phenoxy) is 1. The second kappa shape index (κ2) is 6.36. The molecule has 19 heavy (non-hydrogen) atoms. The van der Waals surface area contributed by atoms with Crippen LogP contribution in [-0.4, -0.2) is 24.5 Å². The number of esters is 1. The van der Waals surface area contributed by atoms with Gasteiger partial charge in [-0.2, -0.15) is 0 Å². The van der Waals surface area contributed by atoms with Crippen LogP contribution in [0.1, 0.15) is 42.6 Å². The SMILES string of the molecule is CC[C@](C)(CC(=O)OC)NC(=O)c1cccc(C)c1. The molecule has 0 saturated heterocycles. The third-order valence-corrected chi connectivity index (χ3v) is 3.24. The van der Waals surface area contributed by atoms with E-state index >= 15 is 0 Å². The smallest absolute Gasteiger partial charge is 0.307 e. The Morgan fingerprint density at radius 3 is 2.58 bits per heavy atom. The minimum absolute atomic E-state index is 0.164. The van der Waals surface area contributed by atoms with E-state index in [1.165, 1.54) is 7.11 Å². The molecule has 0 spiro atoms. The largest absolute Gasteiger partial charge is 0.469 e. The predicted octanol–water partition coefficient (Wildman–Crippen LogP) is 2.46. The number of carbonyl (C=O) groups is 2. The molecule has 1 amide bonds. The number of methoxy groups -OCH3 is 1. The van der Waals surface area contributed by atoms with Crippen molar-refractivity contribution < 1.29 is 14.3 Å². The lowest BCUT2D eigenvalue weighted by molar-refractivity contribution is -0.142. The summed E-state index contributed by atoms with van der Waals surface area (Å²) in [5, 5.41) is 2.91. The average molecular weight is 263 g/mol. The molecule has 0 aromatic heterocycles. The fourth-order valence-corrected chi connectivity index (χ4v) is 1.78. The van der Waals surface area contributed by atoms with Gasteiger partial charge in [-0.3, -0.25) is 9.59 Å². The Hall–Kier alpha value is -1.84. The molecular formula is C15H21NO3. The van der Waals surface area contributed by atoms with E-state index in [0.29, 0.717) is 12.0 Å². The van der Waals surface area contributed by atoms with E-state index in [1.807, 2.05) is 39.0 Å². The van der Waals surface area contributed by atoms with Gasteiger partial charge in [-0.05, 0) is 32.4 Å². The Kier molecular flexibility index (Phi) is 5.10. The molecule has 0 heterocycles. The van der Waals surface area contributed by atoms with E-state index in [1.54, 1.807) is 6.07 Å². The summed E-state index contributed by atoms with van der Waals surface area (Å²) in [6.07, 6.45) is 0.817. The lowest BCUT2D eigenvalue weighted by Gasteiger charge is -2.28. The Morgan fingerprint density at radius 1 is 1.37 bits per heavy atom. The number of amides is 1. The number of carbonyl (C=O) groups excluding carboxylic acids is 2. The zero-order chi connectivity index (χ0) is 14.5. The number of benzene rings is 1. The van der Waals surface area contributed by atoms with Gasteiger partial charge in [0.1, 0.15) is 0 Å². The summed E-state index contributed by atoms with van der Waals surface area (Å²) in [4.78, 5) is 23.6. The minimum atomic E-state index is -0.589. The number of hydrogen-bond acceptors (Lipinski definition) is 3. The predicted molar refractivity (Wildman–Crippen MR) is 74.0 cm³/mol. The second-order valence-corrected chi connectivity index (χ2v) is 4.99. The quantitative estimate of drug-likeness (QED) is 0.830. The molecule has 104 valence electrons. The Balaban J connectivity index is 2.80. The molecule has 1 rings (SSSR count). The Labute approximate surface area is 114 Å². The molecule has 0 fully saturated rings. The van der Waals surface area contributed by atoms with Crippen molar-refractivity contribution in [3.8, 4) is 0 Å². The van der Waals surface area contributed by atoms with Crippen LogP contribution in [0.4, 0.5) is 0 Å². The molecule has 0 aliphatic rings. The molecule has 0 aliphatic carbocycles. The third-order valence-electron chi connectivity index (χ3n) is 3.24. The van der Waals surface area contributed by atoms with Crippen LogP contribution in [0.5, 0.6) is 0 Å². The molecule has 4 nitrogen and oxygen atoms in total. The van der Waals surface area contributed by atoms with E-state index in [-0.39, 0.29) is 18.3 Å². The molecular weight excluding hydrogens is 242 g/mol. The third kappa shape index (κ3) is 4.39. The summed E-state index contributed by atoms with van der Waals surface area (Å²) in [5.41, 5.74) is 1.04. The van der Waals surface area contributed by atoms with Crippen molar-refractivity contribution in [2.24, 2.45) is 0 Å². The van der Waals surface area contributed by atoms with Crippen LogP contribution in [0.2, 0.25) is 0 Å². The highest BCUT2D eigenvalue weighted by atomic mass is 16.5. The summed E-state index contributed by atoms with van der Waals surface area (Å²) in [6.45, 7) is 5.71. The topological polar surface area (TPSA) is 55.4 Å². The van der Waals surface area contributed by atoms with E-state index in [9.17, 15) is 9.59 Å². The molecule has 0 radical (unpaired) electrons. The normalized spacial score (nSPS) is 13.5. The van der Waals surface area contributed by atoms with Crippen molar-refractivity contribution in [1.82, 2.24) is 5.32 Å². The molecule has 0 unspecified atom stereocenters. The van der Waals surface area contributed by atoms with E-state index in [4.69, 9.17) is 0 Å². The number of hydrogen-bond donors (Lipinski definition) is 1. The van der Waals surface area contributed by atoms with E-state index < -0.39 is 5.54 Å². The van der Waals surface area contributed by atoms with Crippen LogP contribution in [0, 0.1) is 6.92 Å². The van der Waals surface area contributed by atoms with Gasteiger partial charge in [0.15, 0.2) is 0 Å². The Morgan fingerprint density at radius 2 is 2.05 bits per heavy atom. The lowest BCUT2D eigenvalue weighted by atomic mass is 9.94. The molecule has 0 bridgehead atoms. The maximum absolute atomic E-state index is 12.2. The molecule has 0 saturated carbocycles. The van der Waals surface area contributed by atoms with Crippen LogP contribution >= 0.6 is 0 Å². The minimum Gasteiger partial charge on any atom is -0.469 e. The van der Waals surface area contributed by atoms with E-state index in [0.717, 1.165) is 5.56 Å². The van der Waals surface area contributed by atoms with Gasteiger partial charge >= 0.3 is 5.97 Å². The summed E-state index contributed by atoms with van der Waals surface area (Å²) in [7, 11) is 1.35. The molecule has 1 aromatic carbocycles. The fraction of sp³-hybridized carbons (Fsp3) is 0.467. The number of aryl methyl sites for hydroxylation is 1.